The topological polar surface area (TPSA) is 49.9 Å². The molecule has 0 aromatic rings. The smallest absolute Gasteiger partial charge is 0.306 e. The number of nitrogens with zero attached hydrogens (tertiary/aromatic N) is 2. The van der Waals surface area contributed by atoms with Gasteiger partial charge in [0, 0.05) is 44.4 Å². The first-order valence-corrected chi connectivity index (χ1v) is 9.51. The van der Waals surface area contributed by atoms with E-state index >= 15 is 0 Å². The van der Waals surface area contributed by atoms with E-state index < -0.39 is 7.67 Å². The maximum atomic E-state index is 13.2. The first kappa shape index (κ1) is 20.4. The third kappa shape index (κ3) is 6.42. The molecule has 20 heavy (non-hydrogen) atoms. The molecule has 0 aliphatic heterocycles. The van der Waals surface area contributed by atoms with E-state index in [1.54, 1.807) is 9.34 Å². The summed E-state index contributed by atoms with van der Waals surface area (Å²) in [5, 5.41) is 0. The minimum Gasteiger partial charge on any atom is -0.306 e. The highest BCUT2D eigenvalue weighted by atomic mass is 35.5. The molecule has 120 valence electrons. The minimum absolute atomic E-state index is 0.285. The Labute approximate surface area is 132 Å². The molecule has 0 aliphatic carbocycles. The molecule has 0 bridgehead atoms. The second-order valence-corrected chi connectivity index (χ2v) is 7.23. The first-order valence-electron chi connectivity index (χ1n) is 6.91. The Morgan fingerprint density at radius 2 is 1.65 bits per heavy atom. The molecule has 0 rings (SSSR count). The summed E-state index contributed by atoms with van der Waals surface area (Å²) in [6, 6.07) is 0. The van der Waals surface area contributed by atoms with Gasteiger partial charge < -0.3 is 9.32 Å². The number of hydrogen-bond donors (Lipinski definition) is 0. The van der Waals surface area contributed by atoms with Gasteiger partial charge in [0.05, 0.1) is 6.61 Å². The summed E-state index contributed by atoms with van der Waals surface area (Å²) in [4.78, 5) is 10.3. The van der Waals surface area contributed by atoms with Crippen LogP contribution in [0.2, 0.25) is 0 Å². The Balaban J connectivity index is 4.98. The van der Waals surface area contributed by atoms with Gasteiger partial charge in [0.15, 0.2) is 0 Å². The molecule has 0 fully saturated rings. The molecule has 0 heterocycles. The first-order chi connectivity index (χ1) is 9.60. The van der Waals surface area contributed by atoms with Gasteiger partial charge in [-0.2, -0.15) is 0 Å². The van der Waals surface area contributed by atoms with Crippen LogP contribution < -0.4 is 0 Å². The summed E-state index contributed by atoms with van der Waals surface area (Å²) < 4.78 is 22.4. The molecule has 0 N–H and O–H groups in total. The normalized spacial score (nSPS) is 14.7. The van der Waals surface area contributed by atoms with Gasteiger partial charge in [0.25, 0.3) is 0 Å². The van der Waals surface area contributed by atoms with Crippen LogP contribution in [0.25, 0.3) is 0 Å². The molecule has 0 saturated carbocycles. The summed E-state index contributed by atoms with van der Waals surface area (Å²) in [6.07, 6.45) is 1.80. The average Bonchev–Trinajstić information content (AvgIpc) is 2.44. The van der Waals surface area contributed by atoms with E-state index in [0.717, 1.165) is 6.29 Å². The molecule has 0 aliphatic rings. The highest BCUT2D eigenvalue weighted by Gasteiger charge is 2.36. The third-order valence-corrected chi connectivity index (χ3v) is 6.11. The Hall–Kier alpha value is 0.360. The fourth-order valence-electron chi connectivity index (χ4n) is 1.83. The van der Waals surface area contributed by atoms with Gasteiger partial charge in [0.1, 0.15) is 6.29 Å². The lowest BCUT2D eigenvalue weighted by atomic mass is 10.4. The van der Waals surface area contributed by atoms with E-state index in [9.17, 15) is 9.36 Å². The quantitative estimate of drug-likeness (QED) is 0.222. The number of hydrogen-bond acceptors (Lipinski definition) is 3. The lowest BCUT2D eigenvalue weighted by Crippen LogP contribution is -2.35. The van der Waals surface area contributed by atoms with Gasteiger partial charge in [-0.3, -0.25) is 4.57 Å². The van der Waals surface area contributed by atoms with Gasteiger partial charge in [-0.05, 0) is 6.42 Å². The van der Waals surface area contributed by atoms with Crippen LogP contribution in [-0.2, 0) is 13.9 Å². The van der Waals surface area contributed by atoms with Crippen LogP contribution >= 0.6 is 30.9 Å². The molecular formula is C12H25Cl2N2O3P. The molecule has 0 amide bonds. The van der Waals surface area contributed by atoms with E-state index in [1.165, 1.54) is 0 Å². The van der Waals surface area contributed by atoms with Crippen LogP contribution in [-0.4, -0.2) is 60.2 Å². The van der Waals surface area contributed by atoms with Crippen LogP contribution in [0.4, 0.5) is 0 Å². The van der Waals surface area contributed by atoms with Crippen molar-refractivity contribution >= 4 is 37.2 Å². The van der Waals surface area contributed by atoms with Crippen molar-refractivity contribution in [3.05, 3.63) is 0 Å². The number of alkyl halides is 2. The van der Waals surface area contributed by atoms with Gasteiger partial charge in [-0.15, -0.1) is 23.2 Å². The van der Waals surface area contributed by atoms with Crippen LogP contribution in [0.5, 0.6) is 0 Å². The largest absolute Gasteiger partial charge is 0.346 e. The van der Waals surface area contributed by atoms with Crippen molar-refractivity contribution < 1.29 is 13.9 Å². The molecule has 5 nitrogen and oxygen atoms in total. The zero-order valence-electron chi connectivity index (χ0n) is 12.3. The standard InChI is InChI=1S/C12H25Cl2N2O3P/c1-3-15(4-2)20(18,19-12-6-5-11-17)16(9-7-13)10-8-14/h11H,3-10,12H2,1-2H3. The average molecular weight is 347 g/mol. The minimum atomic E-state index is -3.13. The number of aldehydes is 1. The van der Waals surface area contributed by atoms with E-state index in [0.29, 0.717) is 50.8 Å². The number of carbonyl (C=O) groups is 1. The van der Waals surface area contributed by atoms with Gasteiger partial charge >= 0.3 is 7.67 Å². The summed E-state index contributed by atoms with van der Waals surface area (Å²) in [5.74, 6) is 0.722. The predicted molar refractivity (Wildman–Crippen MR) is 84.8 cm³/mol. The zero-order chi connectivity index (χ0) is 15.4. The monoisotopic (exact) mass is 346 g/mol. The Morgan fingerprint density at radius 1 is 1.10 bits per heavy atom. The Morgan fingerprint density at radius 3 is 2.05 bits per heavy atom. The summed E-state index contributed by atoms with van der Waals surface area (Å²) in [5.41, 5.74) is 0. The number of rotatable bonds is 13. The van der Waals surface area contributed by atoms with Crippen molar-refractivity contribution in [1.82, 2.24) is 9.34 Å². The fourth-order valence-corrected chi connectivity index (χ4v) is 4.95. The highest BCUT2D eigenvalue weighted by Crippen LogP contribution is 2.54. The van der Waals surface area contributed by atoms with Crippen molar-refractivity contribution in [1.29, 1.82) is 0 Å². The summed E-state index contributed by atoms with van der Waals surface area (Å²) in [6.45, 7) is 6.29. The summed E-state index contributed by atoms with van der Waals surface area (Å²) >= 11 is 11.6. The molecule has 1 atom stereocenters. The van der Waals surface area contributed by atoms with E-state index in [4.69, 9.17) is 27.7 Å². The fraction of sp³-hybridized carbons (Fsp3) is 0.917. The van der Waals surface area contributed by atoms with Crippen LogP contribution in [0, 0.1) is 0 Å². The molecule has 0 spiro atoms. The van der Waals surface area contributed by atoms with Crippen molar-refractivity contribution in [2.24, 2.45) is 0 Å². The third-order valence-electron chi connectivity index (χ3n) is 2.86. The van der Waals surface area contributed by atoms with Crippen LogP contribution in [0.1, 0.15) is 26.7 Å². The van der Waals surface area contributed by atoms with Crippen molar-refractivity contribution in [3.63, 3.8) is 0 Å². The molecule has 0 saturated heterocycles. The molecule has 0 aromatic carbocycles. The lowest BCUT2D eigenvalue weighted by Gasteiger charge is -2.36. The Bertz CT molecular complexity index is 298. The van der Waals surface area contributed by atoms with Gasteiger partial charge in [-0.1, -0.05) is 13.8 Å². The van der Waals surface area contributed by atoms with Gasteiger partial charge in [0.2, 0.25) is 0 Å². The number of unbranched alkanes of at least 4 members (excludes halogenated alkanes) is 1. The molecule has 0 aromatic heterocycles. The predicted octanol–water partition coefficient (Wildman–Crippen LogP) is 3.21. The highest BCUT2D eigenvalue weighted by molar-refractivity contribution is 7.54. The molecule has 1 unspecified atom stereocenters. The van der Waals surface area contributed by atoms with E-state index in [1.807, 2.05) is 13.8 Å². The van der Waals surface area contributed by atoms with Crippen LogP contribution in [0.3, 0.4) is 0 Å². The number of carbonyl (C=O) groups excluding carboxylic acids is 1. The van der Waals surface area contributed by atoms with Gasteiger partial charge in [-0.25, -0.2) is 9.34 Å². The van der Waals surface area contributed by atoms with E-state index in [-0.39, 0.29) is 6.61 Å². The second kappa shape index (κ2) is 12.0. The number of halogens is 2. The zero-order valence-corrected chi connectivity index (χ0v) is 14.7. The molecule has 0 radical (unpaired) electrons. The molecule has 8 heteroatoms. The lowest BCUT2D eigenvalue weighted by molar-refractivity contribution is -0.108. The Kier molecular flexibility index (Phi) is 12.2. The van der Waals surface area contributed by atoms with Crippen molar-refractivity contribution in [3.8, 4) is 0 Å². The van der Waals surface area contributed by atoms with Crippen LogP contribution in [0.15, 0.2) is 0 Å². The molecular weight excluding hydrogens is 322 g/mol. The second-order valence-electron chi connectivity index (χ2n) is 4.10. The van der Waals surface area contributed by atoms with E-state index in [2.05, 4.69) is 0 Å². The SMILES string of the molecule is CCN(CC)P(=O)(OCCCC=O)N(CCCl)CCCl. The maximum absolute atomic E-state index is 13.2. The van der Waals surface area contributed by atoms with Crippen molar-refractivity contribution in [2.45, 2.75) is 26.7 Å². The van der Waals surface area contributed by atoms with Crippen molar-refractivity contribution in [2.75, 3.05) is 44.5 Å². The maximum Gasteiger partial charge on any atom is 0.346 e. The summed E-state index contributed by atoms with van der Waals surface area (Å²) in [7, 11) is -3.13.